The van der Waals surface area contributed by atoms with Crippen LogP contribution in [0, 0.1) is 5.92 Å². The number of amides is 1. The number of nitrogens with zero attached hydrogens (tertiary/aromatic N) is 1. The summed E-state index contributed by atoms with van der Waals surface area (Å²) in [6.07, 6.45) is 2.24. The molecule has 0 radical (unpaired) electrons. The Hall–Kier alpha value is -0.390. The minimum atomic E-state index is 0.119. The lowest BCUT2D eigenvalue weighted by atomic mass is 9.90. The highest BCUT2D eigenvalue weighted by atomic mass is 79.9. The van der Waals surface area contributed by atoms with Crippen LogP contribution in [0.2, 0.25) is 0 Å². The van der Waals surface area contributed by atoms with Gasteiger partial charge < -0.3 is 10.6 Å². The number of carbonyl (C=O) groups excluding carboxylic acids is 1. The minimum Gasteiger partial charge on any atom is -0.334 e. The van der Waals surface area contributed by atoms with Gasteiger partial charge >= 0.3 is 0 Å². The Morgan fingerprint density at radius 2 is 2.47 bits per heavy atom. The molecule has 1 fully saturated rings. The number of hydrogen-bond acceptors (Lipinski definition) is 3. The molecule has 17 heavy (non-hydrogen) atoms. The molecule has 5 heteroatoms. The Balaban J connectivity index is 2.17. The lowest BCUT2D eigenvalue weighted by Crippen LogP contribution is -2.51. The van der Waals surface area contributed by atoms with E-state index in [1.54, 1.807) is 11.3 Å². The van der Waals surface area contributed by atoms with Crippen LogP contribution in [0.25, 0.3) is 0 Å². The molecule has 0 bridgehead atoms. The van der Waals surface area contributed by atoms with Gasteiger partial charge in [-0.25, -0.2) is 0 Å². The van der Waals surface area contributed by atoms with Gasteiger partial charge in [-0.2, -0.15) is 0 Å². The first-order valence-electron chi connectivity index (χ1n) is 5.88. The second kappa shape index (κ2) is 5.50. The average molecular weight is 317 g/mol. The van der Waals surface area contributed by atoms with Crippen molar-refractivity contribution in [1.82, 2.24) is 4.90 Å². The lowest BCUT2D eigenvalue weighted by Gasteiger charge is -2.39. The molecule has 0 aromatic carbocycles. The van der Waals surface area contributed by atoms with E-state index in [2.05, 4.69) is 22.9 Å². The van der Waals surface area contributed by atoms with E-state index in [0.717, 1.165) is 22.3 Å². The zero-order chi connectivity index (χ0) is 12.4. The summed E-state index contributed by atoms with van der Waals surface area (Å²) in [5, 5.41) is 1.90. The monoisotopic (exact) mass is 316 g/mol. The molecule has 1 aliphatic rings. The Bertz CT molecular complexity index is 407. The highest BCUT2D eigenvalue weighted by molar-refractivity contribution is 9.11. The quantitative estimate of drug-likeness (QED) is 0.911. The lowest BCUT2D eigenvalue weighted by molar-refractivity contribution is 0.0533. The topological polar surface area (TPSA) is 46.3 Å². The van der Waals surface area contributed by atoms with Crippen molar-refractivity contribution in [2.24, 2.45) is 11.7 Å². The fourth-order valence-electron chi connectivity index (χ4n) is 2.45. The molecule has 1 saturated heterocycles. The molecule has 94 valence electrons. The predicted molar refractivity (Wildman–Crippen MR) is 74.3 cm³/mol. The van der Waals surface area contributed by atoms with Crippen molar-refractivity contribution in [2.45, 2.75) is 25.8 Å². The number of nitrogens with two attached hydrogens (primary N) is 1. The molecular weight excluding hydrogens is 300 g/mol. The minimum absolute atomic E-state index is 0.119. The molecule has 1 aromatic rings. The van der Waals surface area contributed by atoms with Crippen molar-refractivity contribution < 1.29 is 4.79 Å². The maximum atomic E-state index is 12.4. The van der Waals surface area contributed by atoms with E-state index >= 15 is 0 Å². The summed E-state index contributed by atoms with van der Waals surface area (Å²) in [7, 11) is 0. The number of carbonyl (C=O) groups is 1. The SMILES string of the molecule is C[C@@H]1CCCN(C(=O)c2csc(Br)c2)[C@@H]1CN. The smallest absolute Gasteiger partial charge is 0.255 e. The summed E-state index contributed by atoms with van der Waals surface area (Å²) in [5.74, 6) is 0.619. The second-order valence-electron chi connectivity index (χ2n) is 4.56. The molecule has 2 N–H and O–H groups in total. The van der Waals surface area contributed by atoms with Crippen LogP contribution in [0.15, 0.2) is 15.2 Å². The first kappa shape index (κ1) is 13.1. The average Bonchev–Trinajstić information content (AvgIpc) is 2.74. The van der Waals surface area contributed by atoms with E-state index in [0.29, 0.717) is 12.5 Å². The zero-order valence-electron chi connectivity index (χ0n) is 9.86. The van der Waals surface area contributed by atoms with E-state index in [9.17, 15) is 4.79 Å². The van der Waals surface area contributed by atoms with Crippen LogP contribution in [-0.2, 0) is 0 Å². The standard InChI is InChI=1S/C12H17BrN2OS/c1-8-3-2-4-15(10(8)6-14)12(16)9-5-11(13)17-7-9/h5,7-8,10H,2-4,6,14H2,1H3/t8-,10-/m1/s1. The van der Waals surface area contributed by atoms with E-state index in [-0.39, 0.29) is 11.9 Å². The van der Waals surface area contributed by atoms with Crippen LogP contribution in [0.4, 0.5) is 0 Å². The summed E-state index contributed by atoms with van der Waals surface area (Å²) in [5.41, 5.74) is 6.58. The first-order chi connectivity index (χ1) is 8.13. The molecule has 2 atom stereocenters. The molecule has 2 heterocycles. The molecule has 1 aliphatic heterocycles. The fraction of sp³-hybridized carbons (Fsp3) is 0.583. The third-order valence-corrected chi connectivity index (χ3v) is 4.94. The molecule has 0 unspecified atom stereocenters. The summed E-state index contributed by atoms with van der Waals surface area (Å²) in [6, 6.07) is 2.08. The van der Waals surface area contributed by atoms with Gasteiger partial charge in [0, 0.05) is 24.5 Å². The number of likely N-dealkylation sites (tertiary alicyclic amines) is 1. The normalized spacial score (nSPS) is 25.0. The third kappa shape index (κ3) is 2.72. The second-order valence-corrected chi connectivity index (χ2v) is 6.85. The van der Waals surface area contributed by atoms with Crippen molar-refractivity contribution >= 4 is 33.2 Å². The molecule has 2 rings (SSSR count). The van der Waals surface area contributed by atoms with Crippen LogP contribution in [0.5, 0.6) is 0 Å². The number of halogens is 1. The van der Waals surface area contributed by atoms with Crippen LogP contribution in [0.1, 0.15) is 30.1 Å². The van der Waals surface area contributed by atoms with E-state index in [4.69, 9.17) is 5.73 Å². The Morgan fingerprint density at radius 3 is 3.06 bits per heavy atom. The molecule has 0 spiro atoms. The zero-order valence-corrected chi connectivity index (χ0v) is 12.3. The largest absolute Gasteiger partial charge is 0.334 e. The van der Waals surface area contributed by atoms with E-state index in [1.165, 1.54) is 6.42 Å². The summed E-state index contributed by atoms with van der Waals surface area (Å²) >= 11 is 4.94. The Morgan fingerprint density at radius 1 is 1.71 bits per heavy atom. The van der Waals surface area contributed by atoms with Crippen molar-refractivity contribution in [3.05, 3.63) is 20.8 Å². The molecule has 0 saturated carbocycles. The molecular formula is C12H17BrN2OS. The van der Waals surface area contributed by atoms with Gasteiger partial charge in [0.05, 0.1) is 9.35 Å². The Labute approximate surface area is 114 Å². The molecule has 3 nitrogen and oxygen atoms in total. The number of rotatable bonds is 2. The summed E-state index contributed by atoms with van der Waals surface area (Å²) in [6.45, 7) is 3.57. The number of hydrogen-bond donors (Lipinski definition) is 1. The molecule has 1 aromatic heterocycles. The van der Waals surface area contributed by atoms with Gasteiger partial charge in [-0.05, 0) is 40.8 Å². The van der Waals surface area contributed by atoms with Gasteiger partial charge in [0.1, 0.15) is 0 Å². The summed E-state index contributed by atoms with van der Waals surface area (Å²) in [4.78, 5) is 14.3. The van der Waals surface area contributed by atoms with Crippen LogP contribution in [0.3, 0.4) is 0 Å². The number of thiophene rings is 1. The van der Waals surface area contributed by atoms with Crippen molar-refractivity contribution in [2.75, 3.05) is 13.1 Å². The van der Waals surface area contributed by atoms with Gasteiger partial charge in [-0.3, -0.25) is 4.79 Å². The van der Waals surface area contributed by atoms with Gasteiger partial charge in [-0.1, -0.05) is 6.92 Å². The third-order valence-electron chi connectivity index (χ3n) is 3.43. The summed E-state index contributed by atoms with van der Waals surface area (Å²) < 4.78 is 0.996. The van der Waals surface area contributed by atoms with Crippen LogP contribution < -0.4 is 5.73 Å². The molecule has 0 aliphatic carbocycles. The fourth-order valence-corrected chi connectivity index (χ4v) is 3.58. The first-order valence-corrected chi connectivity index (χ1v) is 7.56. The molecule has 1 amide bonds. The van der Waals surface area contributed by atoms with Crippen molar-refractivity contribution in [3.8, 4) is 0 Å². The van der Waals surface area contributed by atoms with Crippen LogP contribution >= 0.6 is 27.3 Å². The number of piperidine rings is 1. The van der Waals surface area contributed by atoms with Crippen molar-refractivity contribution in [3.63, 3.8) is 0 Å². The maximum absolute atomic E-state index is 12.4. The van der Waals surface area contributed by atoms with Crippen LogP contribution in [-0.4, -0.2) is 29.9 Å². The Kier molecular flexibility index (Phi) is 4.22. The maximum Gasteiger partial charge on any atom is 0.255 e. The predicted octanol–water partition coefficient (Wildman–Crippen LogP) is 2.71. The van der Waals surface area contributed by atoms with Gasteiger partial charge in [-0.15, -0.1) is 11.3 Å². The van der Waals surface area contributed by atoms with Gasteiger partial charge in [0.15, 0.2) is 0 Å². The van der Waals surface area contributed by atoms with E-state index < -0.39 is 0 Å². The van der Waals surface area contributed by atoms with Gasteiger partial charge in [0.2, 0.25) is 0 Å². The highest BCUT2D eigenvalue weighted by Gasteiger charge is 2.31. The highest BCUT2D eigenvalue weighted by Crippen LogP contribution is 2.27. The van der Waals surface area contributed by atoms with E-state index in [1.807, 2.05) is 16.3 Å². The van der Waals surface area contributed by atoms with Gasteiger partial charge in [0.25, 0.3) is 5.91 Å². The van der Waals surface area contributed by atoms with Crippen molar-refractivity contribution in [1.29, 1.82) is 0 Å².